The number of likely N-dealkylation sites (tertiary alicyclic amines) is 1. The number of nitrogens with zero attached hydrogens (tertiary/aromatic N) is 1. The summed E-state index contributed by atoms with van der Waals surface area (Å²) in [5.41, 5.74) is 0. The largest absolute Gasteiger partial charge is 0.456 e. The molecule has 138 valence electrons. The van der Waals surface area contributed by atoms with Gasteiger partial charge in [-0.3, -0.25) is 24.1 Å². The van der Waals surface area contributed by atoms with Crippen molar-refractivity contribution >= 4 is 23.7 Å². The third-order valence-electron chi connectivity index (χ3n) is 4.85. The molecule has 0 unspecified atom stereocenters. The Hall–Kier alpha value is -2.18. The fourth-order valence-electron chi connectivity index (χ4n) is 3.27. The van der Waals surface area contributed by atoms with Crippen LogP contribution in [-0.2, 0) is 23.9 Å². The third-order valence-corrected chi connectivity index (χ3v) is 4.85. The number of nitrogens with one attached hydrogen (secondary N) is 1. The van der Waals surface area contributed by atoms with Gasteiger partial charge in [-0.25, -0.2) is 0 Å². The number of hydrogen-bond donors (Lipinski definition) is 1. The monoisotopic (exact) mass is 350 g/mol. The van der Waals surface area contributed by atoms with Crippen LogP contribution in [0.1, 0.15) is 46.0 Å². The Morgan fingerprint density at radius 1 is 1.16 bits per heavy atom. The van der Waals surface area contributed by atoms with Gasteiger partial charge in [0.2, 0.25) is 11.8 Å². The first-order valence-corrected chi connectivity index (χ1v) is 8.93. The number of ether oxygens (including phenoxy) is 1. The van der Waals surface area contributed by atoms with E-state index in [0.717, 1.165) is 17.7 Å². The van der Waals surface area contributed by atoms with Crippen molar-refractivity contribution in [2.75, 3.05) is 13.2 Å². The van der Waals surface area contributed by atoms with E-state index in [2.05, 4.69) is 5.32 Å². The summed E-state index contributed by atoms with van der Waals surface area (Å²) in [4.78, 5) is 49.2. The van der Waals surface area contributed by atoms with E-state index in [1.807, 2.05) is 26.0 Å². The number of imide groups is 1. The molecule has 0 aromatic carbocycles. The Labute approximate surface area is 147 Å². The molecule has 7 heteroatoms. The minimum Gasteiger partial charge on any atom is -0.456 e. The molecule has 1 N–H and O–H groups in total. The average Bonchev–Trinajstić information content (AvgIpc) is 2.87. The van der Waals surface area contributed by atoms with Crippen LogP contribution in [0.5, 0.6) is 0 Å². The highest BCUT2D eigenvalue weighted by molar-refractivity contribution is 6.05. The molecule has 0 bridgehead atoms. The predicted octanol–water partition coefficient (Wildman–Crippen LogP) is 1.18. The molecule has 2 aliphatic rings. The van der Waals surface area contributed by atoms with Crippen LogP contribution in [0, 0.1) is 11.8 Å². The molecule has 1 saturated heterocycles. The lowest BCUT2D eigenvalue weighted by atomic mass is 9.85. The molecule has 1 aliphatic heterocycles. The summed E-state index contributed by atoms with van der Waals surface area (Å²) in [5.74, 6) is -1.93. The molecule has 1 fully saturated rings. The van der Waals surface area contributed by atoms with E-state index in [0.29, 0.717) is 12.8 Å². The summed E-state index contributed by atoms with van der Waals surface area (Å²) in [6, 6.07) is 0.0722. The summed E-state index contributed by atoms with van der Waals surface area (Å²) in [6.07, 6.45) is 6.52. The van der Waals surface area contributed by atoms with Crippen LogP contribution < -0.4 is 5.32 Å². The minimum absolute atomic E-state index is 0.0116. The molecule has 0 saturated carbocycles. The van der Waals surface area contributed by atoms with E-state index in [-0.39, 0.29) is 55.2 Å². The average molecular weight is 350 g/mol. The number of rotatable bonds is 8. The molecule has 1 heterocycles. The minimum atomic E-state index is -0.590. The first-order chi connectivity index (χ1) is 12.0. The molecule has 0 radical (unpaired) electrons. The third kappa shape index (κ3) is 4.67. The van der Waals surface area contributed by atoms with E-state index in [1.54, 1.807) is 0 Å². The van der Waals surface area contributed by atoms with E-state index in [1.165, 1.54) is 0 Å². The summed E-state index contributed by atoms with van der Waals surface area (Å²) in [6.45, 7) is 3.61. The number of amides is 3. The first kappa shape index (κ1) is 19.1. The number of allylic oxidation sites excluding steroid dienone is 2. The van der Waals surface area contributed by atoms with Gasteiger partial charge in [-0.1, -0.05) is 26.0 Å². The van der Waals surface area contributed by atoms with Gasteiger partial charge >= 0.3 is 5.97 Å². The molecular formula is C18H26N2O5. The molecule has 0 aromatic rings. The second kappa shape index (κ2) is 8.78. The van der Waals surface area contributed by atoms with Crippen molar-refractivity contribution in [1.29, 1.82) is 0 Å². The van der Waals surface area contributed by atoms with Gasteiger partial charge < -0.3 is 10.1 Å². The van der Waals surface area contributed by atoms with Crippen molar-refractivity contribution in [1.82, 2.24) is 10.2 Å². The first-order valence-electron chi connectivity index (χ1n) is 8.93. The van der Waals surface area contributed by atoms with Gasteiger partial charge in [-0.05, 0) is 25.7 Å². The van der Waals surface area contributed by atoms with Gasteiger partial charge in [0.15, 0.2) is 6.61 Å². The molecule has 7 nitrogen and oxygen atoms in total. The number of carbonyl (C=O) groups excluding carboxylic acids is 4. The number of esters is 1. The van der Waals surface area contributed by atoms with Gasteiger partial charge in [0.05, 0.1) is 18.3 Å². The fourth-order valence-corrected chi connectivity index (χ4v) is 3.27. The normalized spacial score (nSPS) is 22.3. The lowest BCUT2D eigenvalue weighted by Gasteiger charge is -2.15. The van der Waals surface area contributed by atoms with Gasteiger partial charge in [-0.2, -0.15) is 0 Å². The molecule has 2 rings (SSSR count). The standard InChI is InChI=1S/C18H26N2O5/c1-3-12(4-2)19-15(21)11-25-16(22)9-10-20-17(23)13-7-5-6-8-14(13)18(20)24/h5-6,12-14H,3-4,7-11H2,1-2H3,(H,19,21)/t13-,14-/m1/s1. The van der Waals surface area contributed by atoms with Gasteiger partial charge in [0.1, 0.15) is 0 Å². The van der Waals surface area contributed by atoms with Crippen molar-refractivity contribution in [2.24, 2.45) is 11.8 Å². The van der Waals surface area contributed by atoms with Crippen molar-refractivity contribution in [3.8, 4) is 0 Å². The Morgan fingerprint density at radius 2 is 1.72 bits per heavy atom. The zero-order valence-electron chi connectivity index (χ0n) is 14.8. The van der Waals surface area contributed by atoms with Crippen LogP contribution in [-0.4, -0.2) is 47.8 Å². The maximum atomic E-state index is 12.3. The van der Waals surface area contributed by atoms with E-state index in [9.17, 15) is 19.2 Å². The summed E-state index contributed by atoms with van der Waals surface area (Å²) in [7, 11) is 0. The van der Waals surface area contributed by atoms with Crippen molar-refractivity contribution in [3.63, 3.8) is 0 Å². The van der Waals surface area contributed by atoms with Gasteiger partial charge in [0.25, 0.3) is 5.91 Å². The molecule has 3 amide bonds. The van der Waals surface area contributed by atoms with Gasteiger partial charge in [-0.15, -0.1) is 0 Å². The van der Waals surface area contributed by atoms with Crippen molar-refractivity contribution in [3.05, 3.63) is 12.2 Å². The second-order valence-electron chi connectivity index (χ2n) is 6.48. The van der Waals surface area contributed by atoms with Crippen LogP contribution in [0.4, 0.5) is 0 Å². The topological polar surface area (TPSA) is 92.8 Å². The number of fused-ring (bicyclic) bond motifs is 1. The predicted molar refractivity (Wildman–Crippen MR) is 90.2 cm³/mol. The smallest absolute Gasteiger partial charge is 0.308 e. The summed E-state index contributed by atoms with van der Waals surface area (Å²) in [5, 5.41) is 2.78. The fraction of sp³-hybridized carbons (Fsp3) is 0.667. The lowest BCUT2D eigenvalue weighted by molar-refractivity contribution is -0.150. The molecule has 25 heavy (non-hydrogen) atoms. The molecule has 0 spiro atoms. The Kier molecular flexibility index (Phi) is 6.73. The molecule has 1 aliphatic carbocycles. The van der Waals surface area contributed by atoms with Crippen molar-refractivity contribution in [2.45, 2.75) is 52.0 Å². The SMILES string of the molecule is CCC(CC)NC(=O)COC(=O)CCN1C(=O)[C@@H]2CC=CC[C@H]2C1=O. The van der Waals surface area contributed by atoms with E-state index in [4.69, 9.17) is 4.74 Å². The van der Waals surface area contributed by atoms with Crippen LogP contribution in [0.15, 0.2) is 12.2 Å². The number of carbonyl (C=O) groups is 4. The van der Waals surface area contributed by atoms with Gasteiger partial charge in [0, 0.05) is 12.6 Å². The van der Waals surface area contributed by atoms with Crippen LogP contribution in [0.2, 0.25) is 0 Å². The quantitative estimate of drug-likeness (QED) is 0.403. The highest BCUT2D eigenvalue weighted by atomic mass is 16.5. The Bertz CT molecular complexity index is 542. The van der Waals surface area contributed by atoms with Crippen molar-refractivity contribution < 1.29 is 23.9 Å². The maximum Gasteiger partial charge on any atom is 0.308 e. The molecule has 2 atom stereocenters. The second-order valence-corrected chi connectivity index (χ2v) is 6.48. The zero-order chi connectivity index (χ0) is 18.4. The maximum absolute atomic E-state index is 12.3. The number of hydrogen-bond acceptors (Lipinski definition) is 5. The molecule has 0 aromatic heterocycles. The van der Waals surface area contributed by atoms with E-state index < -0.39 is 5.97 Å². The Morgan fingerprint density at radius 3 is 2.24 bits per heavy atom. The summed E-state index contributed by atoms with van der Waals surface area (Å²) >= 11 is 0. The highest BCUT2D eigenvalue weighted by Gasteiger charge is 2.46. The van der Waals surface area contributed by atoms with Crippen LogP contribution in [0.25, 0.3) is 0 Å². The van der Waals surface area contributed by atoms with Crippen LogP contribution >= 0.6 is 0 Å². The Balaban J connectivity index is 1.74. The molecular weight excluding hydrogens is 324 g/mol. The zero-order valence-corrected chi connectivity index (χ0v) is 14.8. The highest BCUT2D eigenvalue weighted by Crippen LogP contribution is 2.34. The van der Waals surface area contributed by atoms with Crippen LogP contribution in [0.3, 0.4) is 0 Å². The summed E-state index contributed by atoms with van der Waals surface area (Å²) < 4.78 is 4.93. The van der Waals surface area contributed by atoms with E-state index >= 15 is 0 Å². The lowest BCUT2D eigenvalue weighted by Crippen LogP contribution is -2.37.